The van der Waals surface area contributed by atoms with E-state index in [9.17, 15) is 5.21 Å². The molecule has 1 aromatic heterocycles. The molecule has 0 bridgehead atoms. The highest BCUT2D eigenvalue weighted by molar-refractivity contribution is 5.85. The molecule has 0 atom stereocenters. The second-order valence-corrected chi connectivity index (χ2v) is 3.66. The lowest BCUT2D eigenvalue weighted by Crippen LogP contribution is -2.36. The van der Waals surface area contributed by atoms with E-state index >= 15 is 0 Å². The molecular formula is C11H15N5O. The lowest BCUT2D eigenvalue weighted by atomic mass is 10.2. The lowest BCUT2D eigenvalue weighted by Gasteiger charge is -2.20. The second kappa shape index (κ2) is 4.40. The zero-order valence-corrected chi connectivity index (χ0v) is 9.92. The number of hydrogen-bond donors (Lipinski definition) is 1. The van der Waals surface area contributed by atoms with Gasteiger partial charge in [0.1, 0.15) is 11.2 Å². The van der Waals surface area contributed by atoms with E-state index in [2.05, 4.69) is 15.0 Å². The van der Waals surface area contributed by atoms with Gasteiger partial charge in [-0.3, -0.25) is 0 Å². The monoisotopic (exact) mass is 233 g/mol. The van der Waals surface area contributed by atoms with Crippen LogP contribution >= 0.6 is 0 Å². The SMILES string of the molecule is CCN(CC)c1cccc2nc(N)n[n+]([O-])c12. The first-order chi connectivity index (χ1) is 8.17. The molecule has 1 aromatic carbocycles. The Balaban J connectivity index is 2.72. The van der Waals surface area contributed by atoms with Crippen LogP contribution in [0, 0.1) is 5.21 Å². The number of fused-ring (bicyclic) bond motifs is 1. The molecule has 0 saturated carbocycles. The summed E-state index contributed by atoms with van der Waals surface area (Å²) in [5.41, 5.74) is 7.32. The Labute approximate surface area is 99.3 Å². The molecule has 0 aliphatic carbocycles. The summed E-state index contributed by atoms with van der Waals surface area (Å²) in [6.07, 6.45) is 0. The van der Waals surface area contributed by atoms with E-state index in [0.29, 0.717) is 15.9 Å². The maximum absolute atomic E-state index is 11.8. The first kappa shape index (κ1) is 11.4. The van der Waals surface area contributed by atoms with Crippen LogP contribution in [0.3, 0.4) is 0 Å². The van der Waals surface area contributed by atoms with Gasteiger partial charge in [-0.25, -0.2) is 4.98 Å². The van der Waals surface area contributed by atoms with E-state index in [1.54, 1.807) is 6.07 Å². The highest BCUT2D eigenvalue weighted by atomic mass is 16.5. The minimum Gasteiger partial charge on any atom is -0.594 e. The molecule has 0 spiro atoms. The van der Waals surface area contributed by atoms with Gasteiger partial charge in [0.15, 0.2) is 0 Å². The molecule has 0 unspecified atom stereocenters. The molecule has 17 heavy (non-hydrogen) atoms. The Hall–Kier alpha value is -2.11. The summed E-state index contributed by atoms with van der Waals surface area (Å²) in [5.74, 6) is -0.0100. The van der Waals surface area contributed by atoms with Crippen LogP contribution in [0.25, 0.3) is 11.0 Å². The van der Waals surface area contributed by atoms with Crippen molar-refractivity contribution >= 4 is 22.7 Å². The highest BCUT2D eigenvalue weighted by Gasteiger charge is 2.17. The Morgan fingerprint density at radius 2 is 2.06 bits per heavy atom. The van der Waals surface area contributed by atoms with Gasteiger partial charge in [-0.05, 0) is 30.8 Å². The van der Waals surface area contributed by atoms with E-state index in [-0.39, 0.29) is 5.95 Å². The maximum Gasteiger partial charge on any atom is 0.293 e. The topological polar surface area (TPSA) is 82.0 Å². The number of rotatable bonds is 3. The fourth-order valence-electron chi connectivity index (χ4n) is 1.91. The fourth-order valence-corrected chi connectivity index (χ4v) is 1.91. The molecule has 2 aromatic rings. The number of aromatic nitrogens is 3. The average molecular weight is 233 g/mol. The molecule has 6 nitrogen and oxygen atoms in total. The molecular weight excluding hydrogens is 218 g/mol. The minimum atomic E-state index is -0.0100. The second-order valence-electron chi connectivity index (χ2n) is 3.66. The molecule has 0 fully saturated rings. The van der Waals surface area contributed by atoms with Crippen LogP contribution < -0.4 is 15.5 Å². The first-order valence-corrected chi connectivity index (χ1v) is 5.58. The average Bonchev–Trinajstić information content (AvgIpc) is 2.30. The highest BCUT2D eigenvalue weighted by Crippen LogP contribution is 2.22. The molecule has 0 aliphatic rings. The van der Waals surface area contributed by atoms with Crippen molar-refractivity contribution < 1.29 is 4.85 Å². The Kier molecular flexibility index (Phi) is 2.95. The van der Waals surface area contributed by atoms with Gasteiger partial charge < -0.3 is 15.8 Å². The van der Waals surface area contributed by atoms with Crippen molar-refractivity contribution in [2.24, 2.45) is 0 Å². The largest absolute Gasteiger partial charge is 0.594 e. The minimum absolute atomic E-state index is 0.0100. The number of hydrogen-bond acceptors (Lipinski definition) is 5. The Morgan fingerprint density at radius 3 is 2.71 bits per heavy atom. The van der Waals surface area contributed by atoms with Crippen LogP contribution in [-0.2, 0) is 0 Å². The molecule has 2 N–H and O–H groups in total. The van der Waals surface area contributed by atoms with E-state index in [1.165, 1.54) is 0 Å². The number of para-hydroxylation sites is 1. The van der Waals surface area contributed by atoms with Crippen LogP contribution in [0.15, 0.2) is 18.2 Å². The smallest absolute Gasteiger partial charge is 0.293 e. The summed E-state index contributed by atoms with van der Waals surface area (Å²) < 4.78 is 0. The summed E-state index contributed by atoms with van der Waals surface area (Å²) in [6.45, 7) is 5.71. The van der Waals surface area contributed by atoms with Crippen LogP contribution in [0.4, 0.5) is 11.6 Å². The summed E-state index contributed by atoms with van der Waals surface area (Å²) in [6, 6.07) is 5.51. The van der Waals surface area contributed by atoms with Crippen molar-refractivity contribution in [1.29, 1.82) is 0 Å². The molecule has 90 valence electrons. The predicted octanol–water partition coefficient (Wildman–Crippen LogP) is 0.692. The zero-order chi connectivity index (χ0) is 12.4. The standard InChI is InChI=1S/C11H15N5O/c1-3-15(4-2)9-7-5-6-8-10(9)16(17)14-11(12)13-8/h5-7H,3-4H2,1-2H3,(H2,12,13,14). The molecule has 0 saturated heterocycles. The van der Waals surface area contributed by atoms with Crippen molar-refractivity contribution in [3.8, 4) is 0 Å². The van der Waals surface area contributed by atoms with Gasteiger partial charge in [0.25, 0.3) is 11.5 Å². The third-order valence-electron chi connectivity index (χ3n) is 2.72. The van der Waals surface area contributed by atoms with Crippen molar-refractivity contribution in [3.63, 3.8) is 0 Å². The zero-order valence-electron chi connectivity index (χ0n) is 9.92. The van der Waals surface area contributed by atoms with Gasteiger partial charge in [0.05, 0.1) is 5.10 Å². The number of nitrogens with two attached hydrogens (primary N) is 1. The number of benzene rings is 1. The van der Waals surface area contributed by atoms with Crippen molar-refractivity contribution in [2.75, 3.05) is 23.7 Å². The number of nitrogens with zero attached hydrogens (tertiary/aromatic N) is 4. The van der Waals surface area contributed by atoms with Gasteiger partial charge in [-0.1, -0.05) is 6.07 Å². The number of anilines is 2. The normalized spacial score (nSPS) is 10.7. The van der Waals surface area contributed by atoms with E-state index in [4.69, 9.17) is 5.73 Å². The molecule has 6 heteroatoms. The van der Waals surface area contributed by atoms with Crippen molar-refractivity contribution in [2.45, 2.75) is 13.8 Å². The van der Waals surface area contributed by atoms with Gasteiger partial charge >= 0.3 is 0 Å². The quantitative estimate of drug-likeness (QED) is 0.623. The summed E-state index contributed by atoms with van der Waals surface area (Å²) >= 11 is 0. The van der Waals surface area contributed by atoms with E-state index in [1.807, 2.05) is 26.0 Å². The molecule has 0 aliphatic heterocycles. The van der Waals surface area contributed by atoms with Crippen LogP contribution in [0.2, 0.25) is 0 Å². The summed E-state index contributed by atoms with van der Waals surface area (Å²) in [5, 5.41) is 15.4. The maximum atomic E-state index is 11.8. The van der Waals surface area contributed by atoms with E-state index < -0.39 is 0 Å². The summed E-state index contributed by atoms with van der Waals surface area (Å²) in [7, 11) is 0. The van der Waals surface area contributed by atoms with Crippen LogP contribution in [0.5, 0.6) is 0 Å². The van der Waals surface area contributed by atoms with Gasteiger partial charge in [0.2, 0.25) is 0 Å². The van der Waals surface area contributed by atoms with Crippen LogP contribution in [0.1, 0.15) is 13.8 Å². The molecule has 0 radical (unpaired) electrons. The third-order valence-corrected chi connectivity index (χ3v) is 2.72. The van der Waals surface area contributed by atoms with E-state index in [0.717, 1.165) is 18.8 Å². The Morgan fingerprint density at radius 1 is 1.35 bits per heavy atom. The fraction of sp³-hybridized carbons (Fsp3) is 0.364. The summed E-state index contributed by atoms with van der Waals surface area (Å²) in [4.78, 5) is 6.69. The van der Waals surface area contributed by atoms with Gasteiger partial charge in [0, 0.05) is 13.1 Å². The van der Waals surface area contributed by atoms with Gasteiger partial charge in [-0.2, -0.15) is 0 Å². The molecule has 0 amide bonds. The van der Waals surface area contributed by atoms with Crippen LogP contribution in [-0.4, -0.2) is 23.2 Å². The third kappa shape index (κ3) is 1.93. The molecule has 2 rings (SSSR count). The van der Waals surface area contributed by atoms with Crippen molar-refractivity contribution in [1.82, 2.24) is 10.1 Å². The van der Waals surface area contributed by atoms with Gasteiger partial charge in [-0.15, -0.1) is 0 Å². The lowest BCUT2D eigenvalue weighted by molar-refractivity contribution is -0.641. The van der Waals surface area contributed by atoms with Crippen molar-refractivity contribution in [3.05, 3.63) is 23.4 Å². The Bertz CT molecular complexity index is 539. The molecule has 1 heterocycles. The number of nitrogen functional groups attached to an aromatic ring is 1. The predicted molar refractivity (Wildman–Crippen MR) is 66.5 cm³/mol. The first-order valence-electron chi connectivity index (χ1n) is 5.58.